The summed E-state index contributed by atoms with van der Waals surface area (Å²) in [6.07, 6.45) is 2.63. The zero-order valence-electron chi connectivity index (χ0n) is 13.2. The summed E-state index contributed by atoms with van der Waals surface area (Å²) >= 11 is 0. The number of hydrogen-bond donors (Lipinski definition) is 1. The Balaban J connectivity index is 1.83. The second-order valence-corrected chi connectivity index (χ2v) is 6.26. The summed E-state index contributed by atoms with van der Waals surface area (Å²) < 4.78 is 5.90. The van der Waals surface area contributed by atoms with Gasteiger partial charge in [-0.05, 0) is 31.2 Å². The second kappa shape index (κ2) is 5.69. The van der Waals surface area contributed by atoms with Crippen LogP contribution in [0.3, 0.4) is 0 Å². The first-order valence-electron chi connectivity index (χ1n) is 8.05. The standard InChI is InChI=1S/C19H25NO/c1-4-19(3)17(13-18(19)21-5-2)20-16-12-8-10-14-9-6-7-11-15(14)16/h6-12,17-18,20H,4-5,13H2,1-3H3. The quantitative estimate of drug-likeness (QED) is 0.847. The minimum Gasteiger partial charge on any atom is -0.381 e. The molecular formula is C19H25NO. The molecule has 0 spiro atoms. The van der Waals surface area contributed by atoms with Gasteiger partial charge in [-0.25, -0.2) is 0 Å². The minimum atomic E-state index is 0.229. The number of hydrogen-bond acceptors (Lipinski definition) is 2. The molecule has 0 amide bonds. The van der Waals surface area contributed by atoms with Crippen LogP contribution in [-0.2, 0) is 4.74 Å². The highest BCUT2D eigenvalue weighted by molar-refractivity contribution is 5.93. The predicted octanol–water partition coefficient (Wildman–Crippen LogP) is 4.85. The largest absolute Gasteiger partial charge is 0.381 e. The molecule has 112 valence electrons. The molecule has 2 aromatic rings. The van der Waals surface area contributed by atoms with Crippen LogP contribution in [0.1, 0.15) is 33.6 Å². The molecule has 0 saturated heterocycles. The first-order chi connectivity index (χ1) is 10.2. The van der Waals surface area contributed by atoms with E-state index in [1.165, 1.54) is 16.5 Å². The maximum Gasteiger partial charge on any atom is 0.0667 e. The fraction of sp³-hybridized carbons (Fsp3) is 0.474. The maximum atomic E-state index is 5.90. The molecule has 2 heteroatoms. The fourth-order valence-corrected chi connectivity index (χ4v) is 3.51. The van der Waals surface area contributed by atoms with Gasteiger partial charge in [0.1, 0.15) is 0 Å². The summed E-state index contributed by atoms with van der Waals surface area (Å²) in [7, 11) is 0. The van der Waals surface area contributed by atoms with E-state index >= 15 is 0 Å². The van der Waals surface area contributed by atoms with Gasteiger partial charge < -0.3 is 10.1 Å². The van der Waals surface area contributed by atoms with E-state index in [4.69, 9.17) is 4.74 Å². The molecule has 0 radical (unpaired) electrons. The monoisotopic (exact) mass is 283 g/mol. The smallest absolute Gasteiger partial charge is 0.0667 e. The lowest BCUT2D eigenvalue weighted by molar-refractivity contribution is -0.109. The van der Waals surface area contributed by atoms with Gasteiger partial charge in [-0.2, -0.15) is 0 Å². The zero-order chi connectivity index (χ0) is 14.9. The van der Waals surface area contributed by atoms with E-state index in [0.717, 1.165) is 19.4 Å². The van der Waals surface area contributed by atoms with E-state index in [9.17, 15) is 0 Å². The van der Waals surface area contributed by atoms with Crippen LogP contribution in [-0.4, -0.2) is 18.8 Å². The van der Waals surface area contributed by atoms with Crippen LogP contribution in [0.25, 0.3) is 10.8 Å². The van der Waals surface area contributed by atoms with Crippen molar-refractivity contribution in [2.24, 2.45) is 5.41 Å². The molecule has 0 bridgehead atoms. The Hall–Kier alpha value is -1.54. The molecule has 21 heavy (non-hydrogen) atoms. The lowest BCUT2D eigenvalue weighted by Crippen LogP contribution is -2.59. The Morgan fingerprint density at radius 3 is 2.67 bits per heavy atom. The van der Waals surface area contributed by atoms with Crippen LogP contribution in [0, 0.1) is 5.41 Å². The van der Waals surface area contributed by atoms with E-state index < -0.39 is 0 Å². The number of nitrogens with one attached hydrogen (secondary N) is 1. The van der Waals surface area contributed by atoms with E-state index in [0.29, 0.717) is 12.1 Å². The summed E-state index contributed by atoms with van der Waals surface area (Å²) in [6, 6.07) is 15.5. The topological polar surface area (TPSA) is 21.3 Å². The number of ether oxygens (including phenoxy) is 1. The molecule has 0 aromatic heterocycles. The lowest BCUT2D eigenvalue weighted by atomic mass is 9.61. The van der Waals surface area contributed by atoms with Crippen molar-refractivity contribution in [2.75, 3.05) is 11.9 Å². The number of anilines is 1. The molecular weight excluding hydrogens is 258 g/mol. The van der Waals surface area contributed by atoms with Crippen LogP contribution in [0.5, 0.6) is 0 Å². The molecule has 3 atom stereocenters. The molecule has 2 nitrogen and oxygen atoms in total. The van der Waals surface area contributed by atoms with Crippen molar-refractivity contribution >= 4 is 16.5 Å². The average Bonchev–Trinajstić information content (AvgIpc) is 2.53. The van der Waals surface area contributed by atoms with Gasteiger partial charge in [0.05, 0.1) is 6.10 Å². The Bertz CT molecular complexity index is 618. The van der Waals surface area contributed by atoms with E-state index in [-0.39, 0.29) is 5.41 Å². The second-order valence-electron chi connectivity index (χ2n) is 6.26. The summed E-state index contributed by atoms with van der Waals surface area (Å²) in [5, 5.41) is 6.37. The highest BCUT2D eigenvalue weighted by atomic mass is 16.5. The van der Waals surface area contributed by atoms with Gasteiger partial charge in [0.25, 0.3) is 0 Å². The van der Waals surface area contributed by atoms with E-state index in [2.05, 4.69) is 68.6 Å². The summed E-state index contributed by atoms with van der Waals surface area (Å²) in [6.45, 7) is 7.51. The summed E-state index contributed by atoms with van der Waals surface area (Å²) in [4.78, 5) is 0. The molecule has 1 fully saturated rings. The Morgan fingerprint density at radius 2 is 1.90 bits per heavy atom. The molecule has 0 heterocycles. The molecule has 1 saturated carbocycles. The molecule has 3 rings (SSSR count). The Labute approximate surface area is 127 Å². The van der Waals surface area contributed by atoms with Crippen LogP contribution in [0.4, 0.5) is 5.69 Å². The Kier molecular flexibility index (Phi) is 3.90. The van der Waals surface area contributed by atoms with Crippen molar-refractivity contribution in [1.82, 2.24) is 0 Å². The molecule has 1 aliphatic carbocycles. The predicted molar refractivity (Wildman–Crippen MR) is 89.8 cm³/mol. The van der Waals surface area contributed by atoms with Gasteiger partial charge in [-0.1, -0.05) is 50.2 Å². The van der Waals surface area contributed by atoms with E-state index in [1.807, 2.05) is 0 Å². The molecule has 1 aliphatic rings. The lowest BCUT2D eigenvalue weighted by Gasteiger charge is -2.54. The van der Waals surface area contributed by atoms with Crippen LogP contribution >= 0.6 is 0 Å². The summed E-state index contributed by atoms with van der Waals surface area (Å²) in [5.74, 6) is 0. The molecule has 3 unspecified atom stereocenters. The Morgan fingerprint density at radius 1 is 1.14 bits per heavy atom. The SMILES string of the molecule is CCOC1CC(Nc2cccc3ccccc23)C1(C)CC. The van der Waals surface area contributed by atoms with Gasteiger partial charge in [0.15, 0.2) is 0 Å². The third-order valence-electron chi connectivity index (χ3n) is 5.23. The highest BCUT2D eigenvalue weighted by Gasteiger charge is 2.51. The molecule has 0 aliphatic heterocycles. The highest BCUT2D eigenvalue weighted by Crippen LogP contribution is 2.47. The van der Waals surface area contributed by atoms with Gasteiger partial charge in [-0.15, -0.1) is 0 Å². The van der Waals surface area contributed by atoms with Crippen LogP contribution in [0.15, 0.2) is 42.5 Å². The number of rotatable bonds is 5. The van der Waals surface area contributed by atoms with Crippen molar-refractivity contribution in [3.05, 3.63) is 42.5 Å². The van der Waals surface area contributed by atoms with E-state index in [1.54, 1.807) is 0 Å². The van der Waals surface area contributed by atoms with Crippen LogP contribution < -0.4 is 5.32 Å². The van der Waals surface area contributed by atoms with Gasteiger partial charge in [-0.3, -0.25) is 0 Å². The van der Waals surface area contributed by atoms with Crippen LogP contribution in [0.2, 0.25) is 0 Å². The maximum absolute atomic E-state index is 5.90. The first-order valence-corrected chi connectivity index (χ1v) is 8.05. The number of fused-ring (bicyclic) bond motifs is 1. The van der Waals surface area contributed by atoms with Gasteiger partial charge in [0, 0.05) is 29.1 Å². The first kappa shape index (κ1) is 14.4. The zero-order valence-corrected chi connectivity index (χ0v) is 13.2. The molecule has 1 N–H and O–H groups in total. The third kappa shape index (κ3) is 2.42. The summed E-state index contributed by atoms with van der Waals surface area (Å²) in [5.41, 5.74) is 1.47. The molecule has 2 aromatic carbocycles. The van der Waals surface area contributed by atoms with Crippen molar-refractivity contribution in [3.63, 3.8) is 0 Å². The van der Waals surface area contributed by atoms with Crippen molar-refractivity contribution in [1.29, 1.82) is 0 Å². The van der Waals surface area contributed by atoms with Gasteiger partial charge >= 0.3 is 0 Å². The minimum absolute atomic E-state index is 0.229. The number of benzene rings is 2. The third-order valence-corrected chi connectivity index (χ3v) is 5.23. The van der Waals surface area contributed by atoms with Gasteiger partial charge in [0.2, 0.25) is 0 Å². The van der Waals surface area contributed by atoms with Crippen molar-refractivity contribution in [3.8, 4) is 0 Å². The normalized spacial score (nSPS) is 28.3. The van der Waals surface area contributed by atoms with Crippen molar-refractivity contribution in [2.45, 2.75) is 45.8 Å². The average molecular weight is 283 g/mol. The fourth-order valence-electron chi connectivity index (χ4n) is 3.51. The van der Waals surface area contributed by atoms with Crippen molar-refractivity contribution < 1.29 is 4.74 Å².